The average molecular weight is 449 g/mol. The number of thiazole rings is 1. The first-order valence-corrected chi connectivity index (χ1v) is 11.4. The summed E-state index contributed by atoms with van der Waals surface area (Å²) >= 11 is 1.29. The highest BCUT2D eigenvalue weighted by Crippen LogP contribution is 2.25. The molecule has 0 fully saturated rings. The van der Waals surface area contributed by atoms with E-state index in [0.717, 1.165) is 41.4 Å². The van der Waals surface area contributed by atoms with Gasteiger partial charge in [-0.05, 0) is 25.0 Å². The monoisotopic (exact) mass is 448 g/mol. The van der Waals surface area contributed by atoms with Crippen molar-refractivity contribution in [2.45, 2.75) is 38.1 Å². The number of carbonyl (C=O) groups is 2. The predicted molar refractivity (Wildman–Crippen MR) is 124 cm³/mol. The summed E-state index contributed by atoms with van der Waals surface area (Å²) in [6.45, 7) is 0. The zero-order chi connectivity index (χ0) is 22.3. The number of primary amides is 1. The molecule has 8 nitrogen and oxygen atoms in total. The van der Waals surface area contributed by atoms with E-state index in [9.17, 15) is 9.59 Å². The Hall–Kier alpha value is -3.59. The Bertz CT molecular complexity index is 1200. The highest BCUT2D eigenvalue weighted by atomic mass is 32.1. The number of fused-ring (bicyclic) bond motifs is 1. The maximum absolute atomic E-state index is 12.6. The topological polar surface area (TPSA) is 127 Å². The Balaban J connectivity index is 1.51. The summed E-state index contributed by atoms with van der Waals surface area (Å²) in [5.74, 6) is 0.219. The number of nitrogens with two attached hydrogens (primary N) is 1. The molecule has 0 spiro atoms. The number of pyridine rings is 1. The molecule has 32 heavy (non-hydrogen) atoms. The van der Waals surface area contributed by atoms with Crippen LogP contribution >= 0.6 is 11.3 Å². The number of benzene rings is 1. The van der Waals surface area contributed by atoms with Gasteiger partial charge < -0.3 is 16.0 Å². The van der Waals surface area contributed by atoms with Crippen LogP contribution in [0.3, 0.4) is 0 Å². The number of H-pyrrole nitrogens is 1. The highest BCUT2D eigenvalue weighted by Gasteiger charge is 2.20. The number of hydrogen-bond donors (Lipinski definition) is 3. The summed E-state index contributed by atoms with van der Waals surface area (Å²) in [4.78, 5) is 40.5. The van der Waals surface area contributed by atoms with Crippen LogP contribution in [0.2, 0.25) is 0 Å². The minimum absolute atomic E-state index is 0.178. The smallest absolute Gasteiger partial charge is 0.263 e. The molecule has 3 aromatic heterocycles. The number of imidazole rings is 1. The van der Waals surface area contributed by atoms with E-state index in [-0.39, 0.29) is 17.9 Å². The molecule has 1 aromatic carbocycles. The van der Waals surface area contributed by atoms with Crippen molar-refractivity contribution < 1.29 is 9.59 Å². The molecule has 164 valence electrons. The average Bonchev–Trinajstić information content (AvgIpc) is 3.50. The quantitative estimate of drug-likeness (QED) is 0.316. The number of nitrogens with one attached hydrogen (secondary N) is 2. The summed E-state index contributed by atoms with van der Waals surface area (Å²) in [6, 6.07) is 9.71. The third-order valence-electron chi connectivity index (χ3n) is 5.22. The van der Waals surface area contributed by atoms with Gasteiger partial charge >= 0.3 is 0 Å². The van der Waals surface area contributed by atoms with E-state index in [1.165, 1.54) is 11.3 Å². The molecule has 1 atom stereocenters. The SMILES string of the molecule is NC(=O)CCCCC[C@H](NC(=O)c1cncs1)c1ncc(-c2ccc3cccnc3c2)[nH]1. The third kappa shape index (κ3) is 5.36. The number of aromatic amines is 1. The number of aromatic nitrogens is 4. The lowest BCUT2D eigenvalue weighted by atomic mass is 10.1. The highest BCUT2D eigenvalue weighted by molar-refractivity contribution is 7.11. The van der Waals surface area contributed by atoms with E-state index in [1.54, 1.807) is 24.1 Å². The van der Waals surface area contributed by atoms with E-state index in [4.69, 9.17) is 5.73 Å². The van der Waals surface area contributed by atoms with Crippen molar-refractivity contribution in [3.05, 3.63) is 65.1 Å². The molecule has 0 aliphatic rings. The number of nitrogens with zero attached hydrogens (tertiary/aromatic N) is 3. The third-order valence-corrected chi connectivity index (χ3v) is 5.99. The zero-order valence-electron chi connectivity index (χ0n) is 17.5. The molecular formula is C23H24N6O2S. The van der Waals surface area contributed by atoms with Crippen LogP contribution in [0.15, 0.2) is 54.4 Å². The fourth-order valence-corrected chi connectivity index (χ4v) is 4.08. The van der Waals surface area contributed by atoms with Gasteiger partial charge in [-0.25, -0.2) is 4.98 Å². The Labute approximate surface area is 189 Å². The van der Waals surface area contributed by atoms with Crippen LogP contribution in [0.5, 0.6) is 0 Å². The Morgan fingerprint density at radius 2 is 2.03 bits per heavy atom. The van der Waals surface area contributed by atoms with E-state index in [1.807, 2.05) is 30.3 Å². The maximum Gasteiger partial charge on any atom is 0.263 e. The fourth-order valence-electron chi connectivity index (χ4n) is 3.55. The van der Waals surface area contributed by atoms with Crippen LogP contribution in [0, 0.1) is 0 Å². The molecule has 3 heterocycles. The molecule has 0 unspecified atom stereocenters. The van der Waals surface area contributed by atoms with Gasteiger partial charge in [0.2, 0.25) is 5.91 Å². The molecule has 0 aliphatic heterocycles. The van der Waals surface area contributed by atoms with Gasteiger partial charge in [0.05, 0.1) is 35.2 Å². The first kappa shape index (κ1) is 21.6. The molecule has 0 aliphatic carbocycles. The second kappa shape index (κ2) is 10.1. The predicted octanol–water partition coefficient (Wildman–Crippen LogP) is 3.99. The van der Waals surface area contributed by atoms with Crippen LogP contribution in [0.4, 0.5) is 0 Å². The number of rotatable bonds is 10. The summed E-state index contributed by atoms with van der Waals surface area (Å²) in [6.07, 6.45) is 8.58. The molecule has 2 amide bonds. The van der Waals surface area contributed by atoms with Gasteiger partial charge in [0.15, 0.2) is 0 Å². The van der Waals surface area contributed by atoms with Crippen molar-refractivity contribution >= 4 is 34.1 Å². The standard InChI is InChI=1S/C23H24N6O2S/c24-21(30)7-3-1-2-6-17(29-23(31)20-13-25-14-32-20)22-27-12-19(28-22)16-9-8-15-5-4-10-26-18(15)11-16/h4-5,8-14,17H,1-3,6-7H2,(H2,24,30)(H,27,28)(H,29,31)/t17-/m0/s1. The van der Waals surface area contributed by atoms with Gasteiger partial charge in [-0.1, -0.05) is 31.0 Å². The van der Waals surface area contributed by atoms with Crippen molar-refractivity contribution in [3.63, 3.8) is 0 Å². The molecule has 0 radical (unpaired) electrons. The largest absolute Gasteiger partial charge is 0.370 e. The van der Waals surface area contributed by atoms with Gasteiger partial charge in [-0.15, -0.1) is 11.3 Å². The second-order valence-corrected chi connectivity index (χ2v) is 8.44. The zero-order valence-corrected chi connectivity index (χ0v) is 18.3. The number of unbranched alkanes of at least 4 members (excludes halogenated alkanes) is 2. The van der Waals surface area contributed by atoms with Gasteiger partial charge in [0, 0.05) is 23.6 Å². The molecule has 0 saturated carbocycles. The minimum Gasteiger partial charge on any atom is -0.370 e. The molecule has 0 saturated heterocycles. The van der Waals surface area contributed by atoms with Crippen LogP contribution in [0.25, 0.3) is 22.2 Å². The lowest BCUT2D eigenvalue weighted by Gasteiger charge is -2.16. The first-order chi connectivity index (χ1) is 15.6. The molecular weight excluding hydrogens is 424 g/mol. The normalized spacial score (nSPS) is 12.0. The molecule has 4 aromatic rings. The Morgan fingerprint density at radius 3 is 2.84 bits per heavy atom. The molecule has 4 N–H and O–H groups in total. The van der Waals surface area contributed by atoms with Crippen LogP contribution in [0.1, 0.15) is 53.6 Å². The van der Waals surface area contributed by atoms with Gasteiger partial charge in [0.25, 0.3) is 5.91 Å². The van der Waals surface area contributed by atoms with Crippen molar-refractivity contribution in [1.29, 1.82) is 0 Å². The minimum atomic E-state index is -0.291. The number of amides is 2. The van der Waals surface area contributed by atoms with Gasteiger partial charge in [-0.2, -0.15) is 0 Å². The van der Waals surface area contributed by atoms with Crippen molar-refractivity contribution in [2.75, 3.05) is 0 Å². The number of hydrogen-bond acceptors (Lipinski definition) is 6. The Kier molecular flexibility index (Phi) is 6.86. The summed E-state index contributed by atoms with van der Waals surface area (Å²) in [5, 5.41) is 4.13. The van der Waals surface area contributed by atoms with Crippen molar-refractivity contribution in [2.24, 2.45) is 5.73 Å². The lowest BCUT2D eigenvalue weighted by molar-refractivity contribution is -0.118. The number of carbonyl (C=O) groups excluding carboxylic acids is 2. The summed E-state index contributed by atoms with van der Waals surface area (Å²) in [5.41, 5.74) is 9.59. The summed E-state index contributed by atoms with van der Waals surface area (Å²) < 4.78 is 0. The van der Waals surface area contributed by atoms with E-state index in [2.05, 4.69) is 25.3 Å². The second-order valence-electron chi connectivity index (χ2n) is 7.55. The van der Waals surface area contributed by atoms with Gasteiger partial charge in [0.1, 0.15) is 10.7 Å². The lowest BCUT2D eigenvalue weighted by Crippen LogP contribution is -2.28. The van der Waals surface area contributed by atoms with E-state index < -0.39 is 0 Å². The van der Waals surface area contributed by atoms with Gasteiger partial charge in [-0.3, -0.25) is 19.6 Å². The van der Waals surface area contributed by atoms with E-state index in [0.29, 0.717) is 23.5 Å². The fraction of sp³-hybridized carbons (Fsp3) is 0.261. The molecule has 4 rings (SSSR count). The van der Waals surface area contributed by atoms with Crippen LogP contribution in [-0.2, 0) is 4.79 Å². The van der Waals surface area contributed by atoms with Crippen LogP contribution in [-0.4, -0.2) is 31.8 Å². The van der Waals surface area contributed by atoms with E-state index >= 15 is 0 Å². The molecule has 9 heteroatoms. The van der Waals surface area contributed by atoms with Crippen molar-refractivity contribution in [1.82, 2.24) is 25.3 Å². The summed E-state index contributed by atoms with van der Waals surface area (Å²) in [7, 11) is 0. The first-order valence-electron chi connectivity index (χ1n) is 10.5. The van der Waals surface area contributed by atoms with Crippen LogP contribution < -0.4 is 11.1 Å². The van der Waals surface area contributed by atoms with Crippen molar-refractivity contribution in [3.8, 4) is 11.3 Å². The maximum atomic E-state index is 12.6. The molecule has 0 bridgehead atoms. The Morgan fingerprint density at radius 1 is 1.12 bits per heavy atom.